The molecule has 0 radical (unpaired) electrons. The molecule has 0 saturated carbocycles. The molecular formula is C21H19NO5. The van der Waals surface area contributed by atoms with Crippen molar-refractivity contribution < 1.29 is 18.7 Å². The van der Waals surface area contributed by atoms with E-state index in [1.807, 2.05) is 18.2 Å². The molecule has 6 heteroatoms. The van der Waals surface area contributed by atoms with Gasteiger partial charge in [-0.2, -0.15) is 0 Å². The quantitative estimate of drug-likeness (QED) is 0.563. The Kier molecular flexibility index (Phi) is 4.64. The predicted octanol–water partition coefficient (Wildman–Crippen LogP) is 3.55. The molecule has 1 atom stereocenters. The van der Waals surface area contributed by atoms with E-state index < -0.39 is 0 Å². The van der Waals surface area contributed by atoms with Gasteiger partial charge in [-0.05, 0) is 50.6 Å². The molecule has 2 aromatic carbocycles. The number of carbonyl (C=O) groups is 1. The van der Waals surface area contributed by atoms with Crippen molar-refractivity contribution >= 4 is 16.9 Å². The van der Waals surface area contributed by atoms with Gasteiger partial charge in [0.1, 0.15) is 28.9 Å². The lowest BCUT2D eigenvalue weighted by Gasteiger charge is -2.11. The van der Waals surface area contributed by atoms with E-state index in [-0.39, 0.29) is 23.2 Å². The van der Waals surface area contributed by atoms with Crippen molar-refractivity contribution in [3.05, 3.63) is 64.5 Å². The van der Waals surface area contributed by atoms with Crippen molar-refractivity contribution in [3.63, 3.8) is 0 Å². The van der Waals surface area contributed by atoms with Gasteiger partial charge in [0.25, 0.3) is 0 Å². The summed E-state index contributed by atoms with van der Waals surface area (Å²) in [4.78, 5) is 24.9. The molecule has 6 nitrogen and oxygen atoms in total. The van der Waals surface area contributed by atoms with Crippen LogP contribution in [0.2, 0.25) is 0 Å². The zero-order valence-electron chi connectivity index (χ0n) is 14.9. The van der Waals surface area contributed by atoms with Gasteiger partial charge in [-0.3, -0.25) is 4.79 Å². The van der Waals surface area contributed by atoms with Crippen LogP contribution in [0.1, 0.15) is 18.6 Å². The molecule has 1 N–H and O–H groups in total. The summed E-state index contributed by atoms with van der Waals surface area (Å²) in [7, 11) is 0. The third kappa shape index (κ3) is 3.57. The largest absolute Gasteiger partial charge is 0.457 e. The molecule has 4 rings (SSSR count). The maximum Gasteiger partial charge on any atom is 0.328 e. The van der Waals surface area contributed by atoms with E-state index in [4.69, 9.17) is 13.9 Å². The number of esters is 1. The molecule has 1 aliphatic heterocycles. The molecular weight excluding hydrogens is 346 g/mol. The van der Waals surface area contributed by atoms with Crippen LogP contribution in [-0.2, 0) is 4.79 Å². The highest BCUT2D eigenvalue weighted by atomic mass is 16.5. The highest BCUT2D eigenvalue weighted by Crippen LogP contribution is 2.27. The van der Waals surface area contributed by atoms with E-state index in [2.05, 4.69) is 5.32 Å². The number of nitrogens with one attached hydrogen (secondary N) is 1. The van der Waals surface area contributed by atoms with Gasteiger partial charge in [0.05, 0.1) is 5.39 Å². The monoisotopic (exact) mass is 365 g/mol. The van der Waals surface area contributed by atoms with Crippen LogP contribution in [0.25, 0.3) is 11.0 Å². The van der Waals surface area contributed by atoms with E-state index in [1.54, 1.807) is 37.3 Å². The maximum absolute atomic E-state index is 12.8. The van der Waals surface area contributed by atoms with Crippen LogP contribution in [0.3, 0.4) is 0 Å². The second-order valence-electron chi connectivity index (χ2n) is 6.46. The van der Waals surface area contributed by atoms with Gasteiger partial charge in [0.2, 0.25) is 11.2 Å². The lowest BCUT2D eigenvalue weighted by Crippen LogP contribution is -2.34. The molecule has 138 valence electrons. The Morgan fingerprint density at radius 3 is 2.70 bits per heavy atom. The highest BCUT2D eigenvalue weighted by Gasteiger charge is 2.24. The Hall–Kier alpha value is -3.12. The molecule has 27 heavy (non-hydrogen) atoms. The van der Waals surface area contributed by atoms with Crippen LogP contribution in [0.5, 0.6) is 17.2 Å². The zero-order valence-corrected chi connectivity index (χ0v) is 14.9. The van der Waals surface area contributed by atoms with E-state index in [0.29, 0.717) is 28.2 Å². The lowest BCUT2D eigenvalue weighted by atomic mass is 10.2. The predicted molar refractivity (Wildman–Crippen MR) is 100 cm³/mol. The topological polar surface area (TPSA) is 77.8 Å². The average Bonchev–Trinajstić information content (AvgIpc) is 3.21. The number of para-hydroxylation sites is 1. The van der Waals surface area contributed by atoms with Crippen molar-refractivity contribution in [1.82, 2.24) is 5.32 Å². The molecule has 1 aromatic heterocycles. The summed E-state index contributed by atoms with van der Waals surface area (Å²) < 4.78 is 16.9. The summed E-state index contributed by atoms with van der Waals surface area (Å²) in [5.41, 5.74) is 0.0792. The van der Waals surface area contributed by atoms with Gasteiger partial charge in [-0.25, -0.2) is 4.79 Å². The number of carbonyl (C=O) groups excluding carboxylic acids is 1. The summed E-state index contributed by atoms with van der Waals surface area (Å²) in [6, 6.07) is 13.5. The van der Waals surface area contributed by atoms with Crippen LogP contribution in [0.4, 0.5) is 0 Å². The fourth-order valence-corrected chi connectivity index (χ4v) is 3.13. The SMILES string of the molecule is Cc1oc2cc(OC(=O)C3CCCN3)ccc2c(=O)c1Oc1ccccc1. The van der Waals surface area contributed by atoms with Gasteiger partial charge in [-0.15, -0.1) is 0 Å². The second-order valence-corrected chi connectivity index (χ2v) is 6.46. The number of fused-ring (bicyclic) bond motifs is 1. The van der Waals surface area contributed by atoms with E-state index >= 15 is 0 Å². The Morgan fingerprint density at radius 1 is 1.15 bits per heavy atom. The van der Waals surface area contributed by atoms with Gasteiger partial charge in [0, 0.05) is 6.07 Å². The van der Waals surface area contributed by atoms with E-state index in [0.717, 1.165) is 19.4 Å². The van der Waals surface area contributed by atoms with Crippen molar-refractivity contribution in [3.8, 4) is 17.2 Å². The molecule has 1 unspecified atom stereocenters. The van der Waals surface area contributed by atoms with Crippen molar-refractivity contribution in [2.45, 2.75) is 25.8 Å². The fourth-order valence-electron chi connectivity index (χ4n) is 3.13. The molecule has 3 aromatic rings. The Bertz CT molecular complexity index is 1040. The summed E-state index contributed by atoms with van der Waals surface area (Å²) in [5, 5.41) is 3.46. The van der Waals surface area contributed by atoms with E-state index in [1.165, 1.54) is 0 Å². The second kappa shape index (κ2) is 7.25. The standard InChI is InChI=1S/C21H19NO5/c1-13-20(26-14-6-3-2-4-7-14)19(23)16-10-9-15(12-18(16)25-13)27-21(24)17-8-5-11-22-17/h2-4,6-7,9-10,12,17,22H,5,8,11H2,1H3. The average molecular weight is 365 g/mol. The first-order valence-electron chi connectivity index (χ1n) is 8.87. The normalized spacial score (nSPS) is 16.4. The fraction of sp³-hybridized carbons (Fsp3) is 0.238. The first kappa shape index (κ1) is 17.3. The first-order valence-corrected chi connectivity index (χ1v) is 8.87. The number of aryl methyl sites for hydroxylation is 1. The molecule has 1 saturated heterocycles. The Morgan fingerprint density at radius 2 is 1.96 bits per heavy atom. The summed E-state index contributed by atoms with van der Waals surface area (Å²) in [5.74, 6) is 1.09. The molecule has 1 fully saturated rings. The lowest BCUT2D eigenvalue weighted by molar-refractivity contribution is -0.136. The van der Waals surface area contributed by atoms with Crippen LogP contribution in [-0.4, -0.2) is 18.6 Å². The van der Waals surface area contributed by atoms with Gasteiger partial charge < -0.3 is 19.2 Å². The smallest absolute Gasteiger partial charge is 0.328 e. The number of hydrogen-bond acceptors (Lipinski definition) is 6. The molecule has 1 aliphatic rings. The first-order chi connectivity index (χ1) is 13.1. The Balaban J connectivity index is 1.64. The third-order valence-electron chi connectivity index (χ3n) is 4.51. The van der Waals surface area contributed by atoms with Crippen LogP contribution in [0, 0.1) is 6.92 Å². The molecule has 0 spiro atoms. The maximum atomic E-state index is 12.8. The third-order valence-corrected chi connectivity index (χ3v) is 4.51. The molecule has 2 heterocycles. The molecule has 0 bridgehead atoms. The highest BCUT2D eigenvalue weighted by molar-refractivity contribution is 5.82. The van der Waals surface area contributed by atoms with Gasteiger partial charge >= 0.3 is 5.97 Å². The minimum atomic E-state index is -0.324. The van der Waals surface area contributed by atoms with E-state index in [9.17, 15) is 9.59 Å². The van der Waals surface area contributed by atoms with Gasteiger partial charge in [0.15, 0.2) is 0 Å². The number of ether oxygens (including phenoxy) is 2. The Labute approximate surface area is 155 Å². The van der Waals surface area contributed by atoms with Crippen LogP contribution < -0.4 is 20.2 Å². The van der Waals surface area contributed by atoms with Crippen LogP contribution in [0.15, 0.2) is 57.7 Å². The van der Waals surface area contributed by atoms with Crippen molar-refractivity contribution in [2.75, 3.05) is 6.54 Å². The minimum absolute atomic E-state index is 0.147. The van der Waals surface area contributed by atoms with Crippen molar-refractivity contribution in [1.29, 1.82) is 0 Å². The molecule has 0 aliphatic carbocycles. The zero-order chi connectivity index (χ0) is 18.8. The summed E-state index contributed by atoms with van der Waals surface area (Å²) >= 11 is 0. The summed E-state index contributed by atoms with van der Waals surface area (Å²) in [6.07, 6.45) is 1.72. The number of rotatable bonds is 4. The number of benzene rings is 2. The summed E-state index contributed by atoms with van der Waals surface area (Å²) in [6.45, 7) is 2.48. The van der Waals surface area contributed by atoms with Crippen LogP contribution >= 0.6 is 0 Å². The molecule has 0 amide bonds. The van der Waals surface area contributed by atoms with Crippen molar-refractivity contribution in [2.24, 2.45) is 0 Å². The van der Waals surface area contributed by atoms with Gasteiger partial charge in [-0.1, -0.05) is 18.2 Å². The minimum Gasteiger partial charge on any atom is -0.457 e. The number of hydrogen-bond donors (Lipinski definition) is 1.